The molecule has 0 spiro atoms. The summed E-state index contributed by atoms with van der Waals surface area (Å²) in [7, 11) is 1.40. The number of amides is 1. The number of hydrogen-bond donors (Lipinski definition) is 1. The number of Topliss-reactive ketones (excluding diaryl/α,β-unsaturated/α-hetero) is 1. The number of methoxy groups -OCH3 is 1. The van der Waals surface area contributed by atoms with Crippen molar-refractivity contribution in [1.82, 2.24) is 5.32 Å². The second-order valence-corrected chi connectivity index (χ2v) is 9.41. The molecule has 0 radical (unpaired) electrons. The SMILES string of the molecule is COc1ccc(CNC(=O)c2ccc3c(c2)C(=O)/C(=C/c2ccc(F)c(Cl)c2)S(=O)N3C)cc1. The molecule has 9 heteroatoms. The predicted octanol–water partition coefficient (Wildman–Crippen LogP) is 4.76. The van der Waals surface area contributed by atoms with E-state index < -0.39 is 22.6 Å². The summed E-state index contributed by atoms with van der Waals surface area (Å²) >= 11 is 5.83. The summed E-state index contributed by atoms with van der Waals surface area (Å²) in [5, 5.41) is 2.72. The monoisotopic (exact) mass is 498 g/mol. The number of carbonyl (C=O) groups is 2. The number of carbonyl (C=O) groups excluding carboxylic acids is 2. The van der Waals surface area contributed by atoms with Gasteiger partial charge < -0.3 is 10.1 Å². The van der Waals surface area contributed by atoms with Gasteiger partial charge in [-0.25, -0.2) is 8.60 Å². The summed E-state index contributed by atoms with van der Waals surface area (Å²) in [4.78, 5) is 25.9. The maximum atomic E-state index is 13.5. The molecule has 4 rings (SSSR count). The minimum Gasteiger partial charge on any atom is -0.497 e. The lowest BCUT2D eigenvalue weighted by molar-refractivity contribution is 0.0951. The Balaban J connectivity index is 1.59. The third-order valence-electron chi connectivity index (χ3n) is 5.36. The summed E-state index contributed by atoms with van der Waals surface area (Å²) < 4.78 is 33.0. The zero-order valence-electron chi connectivity index (χ0n) is 18.3. The third kappa shape index (κ3) is 4.73. The van der Waals surface area contributed by atoms with E-state index in [-0.39, 0.29) is 21.4 Å². The first kappa shape index (κ1) is 23.7. The number of rotatable bonds is 5. The van der Waals surface area contributed by atoms with Crippen LogP contribution in [0.2, 0.25) is 5.02 Å². The number of nitrogens with zero attached hydrogens (tertiary/aromatic N) is 1. The molecule has 1 N–H and O–H groups in total. The number of nitrogens with one attached hydrogen (secondary N) is 1. The van der Waals surface area contributed by atoms with Crippen LogP contribution in [0, 0.1) is 5.82 Å². The fourth-order valence-corrected chi connectivity index (χ4v) is 4.81. The van der Waals surface area contributed by atoms with Crippen LogP contribution >= 0.6 is 11.6 Å². The molecule has 1 aliphatic heterocycles. The fourth-order valence-electron chi connectivity index (χ4n) is 3.48. The normalized spacial score (nSPS) is 16.4. The summed E-state index contributed by atoms with van der Waals surface area (Å²) in [6.45, 7) is 0.300. The van der Waals surface area contributed by atoms with Crippen molar-refractivity contribution in [2.24, 2.45) is 0 Å². The van der Waals surface area contributed by atoms with Crippen molar-refractivity contribution in [2.45, 2.75) is 6.54 Å². The summed E-state index contributed by atoms with van der Waals surface area (Å²) in [5.74, 6) is -0.697. The van der Waals surface area contributed by atoms with Crippen molar-refractivity contribution in [3.8, 4) is 5.75 Å². The van der Waals surface area contributed by atoms with E-state index in [0.29, 0.717) is 23.4 Å². The highest BCUT2D eigenvalue weighted by molar-refractivity contribution is 7.91. The van der Waals surface area contributed by atoms with E-state index in [2.05, 4.69) is 5.32 Å². The van der Waals surface area contributed by atoms with Crippen LogP contribution in [0.1, 0.15) is 31.8 Å². The first-order valence-electron chi connectivity index (χ1n) is 10.2. The summed E-state index contributed by atoms with van der Waals surface area (Å²) in [5.41, 5.74) is 2.32. The van der Waals surface area contributed by atoms with Crippen LogP contribution in [-0.2, 0) is 17.5 Å². The van der Waals surface area contributed by atoms with Crippen molar-refractivity contribution >= 4 is 46.0 Å². The number of anilines is 1. The van der Waals surface area contributed by atoms with Crippen LogP contribution in [-0.4, -0.2) is 30.1 Å². The molecule has 0 fully saturated rings. The molecular formula is C25H20ClFN2O4S. The molecule has 6 nitrogen and oxygen atoms in total. The molecule has 0 bridgehead atoms. The van der Waals surface area contributed by atoms with E-state index in [1.807, 2.05) is 12.1 Å². The first-order valence-corrected chi connectivity index (χ1v) is 11.7. The van der Waals surface area contributed by atoms with Gasteiger partial charge in [-0.15, -0.1) is 0 Å². The van der Waals surface area contributed by atoms with Crippen molar-refractivity contribution in [3.05, 3.63) is 98.7 Å². The van der Waals surface area contributed by atoms with E-state index in [4.69, 9.17) is 16.3 Å². The Labute approximate surface area is 203 Å². The molecule has 34 heavy (non-hydrogen) atoms. The zero-order chi connectivity index (χ0) is 24.4. The Bertz CT molecular complexity index is 1340. The minimum absolute atomic E-state index is 0.00784. The van der Waals surface area contributed by atoms with Crippen molar-refractivity contribution in [2.75, 3.05) is 18.5 Å². The van der Waals surface area contributed by atoms with Gasteiger partial charge in [-0.2, -0.15) is 0 Å². The molecule has 1 heterocycles. The lowest BCUT2D eigenvalue weighted by Gasteiger charge is -2.27. The molecule has 0 aromatic heterocycles. The second-order valence-electron chi connectivity index (χ2n) is 7.52. The third-order valence-corrected chi connectivity index (χ3v) is 7.02. The van der Waals surface area contributed by atoms with Crippen LogP contribution in [0.15, 0.2) is 65.6 Å². The summed E-state index contributed by atoms with van der Waals surface area (Å²) in [6, 6.07) is 15.9. The van der Waals surface area contributed by atoms with Crippen LogP contribution in [0.5, 0.6) is 5.75 Å². The molecule has 0 saturated carbocycles. The maximum absolute atomic E-state index is 13.5. The highest BCUT2D eigenvalue weighted by Crippen LogP contribution is 2.33. The van der Waals surface area contributed by atoms with Gasteiger partial charge in [-0.1, -0.05) is 29.8 Å². The van der Waals surface area contributed by atoms with Gasteiger partial charge in [0.1, 0.15) is 16.5 Å². The van der Waals surface area contributed by atoms with Gasteiger partial charge in [0.25, 0.3) is 5.91 Å². The number of fused-ring (bicyclic) bond motifs is 1. The van der Waals surface area contributed by atoms with Crippen LogP contribution in [0.4, 0.5) is 10.1 Å². The number of allylic oxidation sites excluding steroid dienone is 1. The molecule has 0 saturated heterocycles. The van der Waals surface area contributed by atoms with E-state index in [1.165, 1.54) is 34.6 Å². The number of ether oxygens (including phenoxy) is 1. The van der Waals surface area contributed by atoms with Gasteiger partial charge in [0.05, 0.1) is 17.8 Å². The highest BCUT2D eigenvalue weighted by Gasteiger charge is 2.32. The average molecular weight is 499 g/mol. The molecule has 3 aromatic rings. The fraction of sp³-hybridized carbons (Fsp3) is 0.120. The van der Waals surface area contributed by atoms with Crippen LogP contribution < -0.4 is 14.4 Å². The minimum atomic E-state index is -1.78. The first-order chi connectivity index (χ1) is 16.3. The van der Waals surface area contributed by atoms with Gasteiger partial charge in [0.15, 0.2) is 11.0 Å². The zero-order valence-corrected chi connectivity index (χ0v) is 19.9. The molecule has 1 atom stereocenters. The molecule has 1 unspecified atom stereocenters. The average Bonchev–Trinajstić information content (AvgIpc) is 2.85. The molecule has 0 aliphatic carbocycles. The van der Waals surface area contributed by atoms with Gasteiger partial charge in [0.2, 0.25) is 5.78 Å². The van der Waals surface area contributed by atoms with Gasteiger partial charge >= 0.3 is 0 Å². The highest BCUT2D eigenvalue weighted by atomic mass is 35.5. The number of halogens is 2. The van der Waals surface area contributed by atoms with Crippen LogP contribution in [0.25, 0.3) is 6.08 Å². The Morgan fingerprint density at radius 3 is 2.56 bits per heavy atom. The van der Waals surface area contributed by atoms with E-state index in [0.717, 1.165) is 11.3 Å². The molecular weight excluding hydrogens is 479 g/mol. The Morgan fingerprint density at radius 1 is 1.15 bits per heavy atom. The second kappa shape index (κ2) is 9.79. The van der Waals surface area contributed by atoms with Crippen molar-refractivity contribution < 1.29 is 22.9 Å². The van der Waals surface area contributed by atoms with Crippen LogP contribution in [0.3, 0.4) is 0 Å². The lowest BCUT2D eigenvalue weighted by Crippen LogP contribution is -2.32. The smallest absolute Gasteiger partial charge is 0.251 e. The number of ketones is 1. The van der Waals surface area contributed by atoms with Gasteiger partial charge in [0, 0.05) is 24.7 Å². The Kier molecular flexibility index (Phi) is 6.81. The van der Waals surface area contributed by atoms with E-state index >= 15 is 0 Å². The quantitative estimate of drug-likeness (QED) is 0.515. The topological polar surface area (TPSA) is 75.7 Å². The number of benzene rings is 3. The Morgan fingerprint density at radius 2 is 1.88 bits per heavy atom. The lowest BCUT2D eigenvalue weighted by atomic mass is 10.0. The summed E-state index contributed by atoms with van der Waals surface area (Å²) in [6.07, 6.45) is 1.42. The van der Waals surface area contributed by atoms with Gasteiger partial charge in [-0.3, -0.25) is 13.9 Å². The number of hydrogen-bond acceptors (Lipinski definition) is 4. The molecule has 174 valence electrons. The van der Waals surface area contributed by atoms with E-state index in [1.54, 1.807) is 38.4 Å². The molecule has 3 aromatic carbocycles. The Hall–Kier alpha value is -3.49. The molecule has 1 amide bonds. The van der Waals surface area contributed by atoms with Crippen molar-refractivity contribution in [3.63, 3.8) is 0 Å². The largest absolute Gasteiger partial charge is 0.497 e. The van der Waals surface area contributed by atoms with Crippen molar-refractivity contribution in [1.29, 1.82) is 0 Å². The molecule has 1 aliphatic rings. The standard InChI is InChI=1S/C25H20ClFN2O4S/c1-29-22-10-6-17(25(31)28-14-15-3-7-18(33-2)8-4-15)13-19(22)24(30)23(34(29)32)12-16-5-9-21(27)20(26)11-16/h3-13H,14H2,1-2H3,(H,28,31)/b23-12-. The predicted molar refractivity (Wildman–Crippen MR) is 131 cm³/mol. The van der Waals surface area contributed by atoms with E-state index in [9.17, 15) is 18.2 Å². The maximum Gasteiger partial charge on any atom is 0.251 e. The van der Waals surface area contributed by atoms with Gasteiger partial charge in [-0.05, 0) is 59.7 Å².